The molecule has 0 aromatic heterocycles. The number of hydrogen-bond acceptors (Lipinski definition) is 4. The Kier molecular flexibility index (Phi) is 6.10. The van der Waals surface area contributed by atoms with E-state index in [4.69, 9.17) is 4.74 Å². The Balaban J connectivity index is 1.63. The molecule has 0 saturated carbocycles. The van der Waals surface area contributed by atoms with Crippen molar-refractivity contribution in [1.82, 2.24) is 10.4 Å². The van der Waals surface area contributed by atoms with Gasteiger partial charge in [0.15, 0.2) is 0 Å². The molecule has 1 aromatic rings. The van der Waals surface area contributed by atoms with Crippen LogP contribution >= 0.6 is 15.9 Å². The van der Waals surface area contributed by atoms with Gasteiger partial charge in [-0.15, -0.1) is 0 Å². The summed E-state index contributed by atoms with van der Waals surface area (Å²) in [6.45, 7) is 2.99. The third-order valence-electron chi connectivity index (χ3n) is 3.16. The average molecular weight is 329 g/mol. The van der Waals surface area contributed by atoms with Crippen molar-refractivity contribution in [3.8, 4) is 5.75 Å². The lowest BCUT2D eigenvalue weighted by molar-refractivity contribution is 0.0684. The molecule has 0 aliphatic carbocycles. The number of hydrogen-bond donors (Lipinski definition) is 2. The number of aliphatic hydroxyl groups excluding tert-OH is 1. The Morgan fingerprint density at radius 2 is 1.89 bits per heavy atom. The zero-order chi connectivity index (χ0) is 13.5. The van der Waals surface area contributed by atoms with Crippen molar-refractivity contribution in [2.75, 3.05) is 26.2 Å². The van der Waals surface area contributed by atoms with E-state index in [1.807, 2.05) is 24.3 Å². The molecule has 1 aromatic carbocycles. The van der Waals surface area contributed by atoms with Crippen molar-refractivity contribution in [2.45, 2.75) is 25.4 Å². The van der Waals surface area contributed by atoms with Crippen LogP contribution in [0.5, 0.6) is 5.75 Å². The Hall–Kier alpha value is -0.620. The van der Waals surface area contributed by atoms with Crippen LogP contribution in [0, 0.1) is 0 Å². The summed E-state index contributed by atoms with van der Waals surface area (Å²) in [5.74, 6) is 0.778. The standard InChI is InChI=1S/C14H21BrN2O2/c15-12-4-6-14(7-5-12)19-11-13(18)10-16-17-8-2-1-3-9-17/h4-7,13,16,18H,1-3,8-11H2. The molecule has 0 spiro atoms. The molecule has 0 radical (unpaired) electrons. The zero-order valence-electron chi connectivity index (χ0n) is 11.0. The van der Waals surface area contributed by atoms with E-state index in [1.165, 1.54) is 19.3 Å². The Labute approximate surface area is 122 Å². The molecule has 0 bridgehead atoms. The van der Waals surface area contributed by atoms with Crippen LogP contribution in [-0.4, -0.2) is 42.5 Å². The van der Waals surface area contributed by atoms with E-state index in [2.05, 4.69) is 26.4 Å². The van der Waals surface area contributed by atoms with Gasteiger partial charge in [-0.2, -0.15) is 0 Å². The van der Waals surface area contributed by atoms with Gasteiger partial charge in [-0.3, -0.25) is 5.43 Å². The molecule has 19 heavy (non-hydrogen) atoms. The lowest BCUT2D eigenvalue weighted by Gasteiger charge is -2.28. The number of nitrogens with zero attached hydrogens (tertiary/aromatic N) is 1. The largest absolute Gasteiger partial charge is 0.491 e. The molecule has 1 atom stereocenters. The maximum absolute atomic E-state index is 9.87. The first-order chi connectivity index (χ1) is 9.24. The van der Waals surface area contributed by atoms with Crippen LogP contribution in [0.25, 0.3) is 0 Å². The van der Waals surface area contributed by atoms with Crippen LogP contribution in [-0.2, 0) is 0 Å². The highest BCUT2D eigenvalue weighted by molar-refractivity contribution is 9.10. The van der Waals surface area contributed by atoms with E-state index in [9.17, 15) is 5.11 Å². The van der Waals surface area contributed by atoms with Crippen molar-refractivity contribution < 1.29 is 9.84 Å². The fraction of sp³-hybridized carbons (Fsp3) is 0.571. The van der Waals surface area contributed by atoms with E-state index in [0.717, 1.165) is 23.3 Å². The summed E-state index contributed by atoms with van der Waals surface area (Å²) in [4.78, 5) is 0. The normalized spacial score (nSPS) is 18.2. The summed E-state index contributed by atoms with van der Waals surface area (Å²) in [5, 5.41) is 12.1. The summed E-state index contributed by atoms with van der Waals surface area (Å²) < 4.78 is 6.55. The molecule has 2 rings (SSSR count). The Morgan fingerprint density at radius 1 is 1.21 bits per heavy atom. The number of ether oxygens (including phenoxy) is 1. The number of hydrazine groups is 1. The van der Waals surface area contributed by atoms with Gasteiger partial charge in [-0.1, -0.05) is 22.4 Å². The van der Waals surface area contributed by atoms with Crippen molar-refractivity contribution >= 4 is 15.9 Å². The zero-order valence-corrected chi connectivity index (χ0v) is 12.6. The first kappa shape index (κ1) is 14.8. The molecule has 1 unspecified atom stereocenters. The van der Waals surface area contributed by atoms with Gasteiger partial charge in [0.25, 0.3) is 0 Å². The number of halogens is 1. The summed E-state index contributed by atoms with van der Waals surface area (Å²) in [7, 11) is 0. The molecule has 1 aliphatic rings. The number of aliphatic hydroxyl groups is 1. The highest BCUT2D eigenvalue weighted by Gasteiger charge is 2.11. The van der Waals surface area contributed by atoms with Gasteiger partial charge in [-0.25, -0.2) is 5.01 Å². The quantitative estimate of drug-likeness (QED) is 0.840. The fourth-order valence-corrected chi connectivity index (χ4v) is 2.33. The average Bonchev–Trinajstić information content (AvgIpc) is 2.45. The second kappa shape index (κ2) is 7.85. The van der Waals surface area contributed by atoms with Crippen molar-refractivity contribution in [3.63, 3.8) is 0 Å². The second-order valence-electron chi connectivity index (χ2n) is 4.83. The summed E-state index contributed by atoms with van der Waals surface area (Å²) in [6, 6.07) is 7.62. The number of rotatable bonds is 6. The van der Waals surface area contributed by atoms with Gasteiger partial charge in [0, 0.05) is 24.1 Å². The first-order valence-electron chi connectivity index (χ1n) is 6.79. The van der Waals surface area contributed by atoms with Gasteiger partial charge in [-0.05, 0) is 37.1 Å². The van der Waals surface area contributed by atoms with E-state index in [-0.39, 0.29) is 0 Å². The van der Waals surface area contributed by atoms with Crippen LogP contribution in [0.2, 0.25) is 0 Å². The smallest absolute Gasteiger partial charge is 0.119 e. The monoisotopic (exact) mass is 328 g/mol. The maximum Gasteiger partial charge on any atom is 0.119 e. The second-order valence-corrected chi connectivity index (χ2v) is 5.74. The first-order valence-corrected chi connectivity index (χ1v) is 7.58. The summed E-state index contributed by atoms with van der Waals surface area (Å²) in [5.41, 5.74) is 3.26. The van der Waals surface area contributed by atoms with Gasteiger partial charge in [0.05, 0.1) is 0 Å². The molecule has 1 fully saturated rings. The molecular weight excluding hydrogens is 308 g/mol. The molecule has 2 N–H and O–H groups in total. The van der Waals surface area contributed by atoms with Gasteiger partial charge < -0.3 is 9.84 Å². The van der Waals surface area contributed by atoms with Crippen molar-refractivity contribution in [2.24, 2.45) is 0 Å². The minimum atomic E-state index is -0.495. The third-order valence-corrected chi connectivity index (χ3v) is 3.69. The minimum Gasteiger partial charge on any atom is -0.491 e. The van der Waals surface area contributed by atoms with Gasteiger partial charge in [0.2, 0.25) is 0 Å². The lowest BCUT2D eigenvalue weighted by atomic mass is 10.2. The summed E-state index contributed by atoms with van der Waals surface area (Å²) >= 11 is 3.37. The van der Waals surface area contributed by atoms with Crippen molar-refractivity contribution in [1.29, 1.82) is 0 Å². The highest BCUT2D eigenvalue weighted by atomic mass is 79.9. The highest BCUT2D eigenvalue weighted by Crippen LogP contribution is 2.16. The number of nitrogens with one attached hydrogen (secondary N) is 1. The minimum absolute atomic E-state index is 0.308. The predicted molar refractivity (Wildman–Crippen MR) is 79.1 cm³/mol. The molecule has 5 heteroatoms. The fourth-order valence-electron chi connectivity index (χ4n) is 2.07. The molecule has 1 aliphatic heterocycles. The molecule has 4 nitrogen and oxygen atoms in total. The van der Waals surface area contributed by atoms with E-state index < -0.39 is 6.10 Å². The SMILES string of the molecule is OC(CNN1CCCCC1)COc1ccc(Br)cc1. The molecular formula is C14H21BrN2O2. The Morgan fingerprint density at radius 3 is 2.58 bits per heavy atom. The summed E-state index contributed by atoms with van der Waals surface area (Å²) in [6.07, 6.45) is 3.29. The number of piperidine rings is 1. The van der Waals surface area contributed by atoms with Crippen LogP contribution in [0.1, 0.15) is 19.3 Å². The predicted octanol–water partition coefficient (Wildman–Crippen LogP) is 2.18. The maximum atomic E-state index is 9.87. The lowest BCUT2D eigenvalue weighted by Crippen LogP contribution is -2.46. The van der Waals surface area contributed by atoms with Crippen LogP contribution in [0.15, 0.2) is 28.7 Å². The molecule has 0 amide bonds. The van der Waals surface area contributed by atoms with Crippen molar-refractivity contribution in [3.05, 3.63) is 28.7 Å². The van der Waals surface area contributed by atoms with E-state index >= 15 is 0 Å². The van der Waals surface area contributed by atoms with Gasteiger partial charge >= 0.3 is 0 Å². The molecule has 106 valence electrons. The molecule has 1 saturated heterocycles. The van der Waals surface area contributed by atoms with Crippen LogP contribution in [0.4, 0.5) is 0 Å². The van der Waals surface area contributed by atoms with Gasteiger partial charge in [0.1, 0.15) is 18.5 Å². The Bertz CT molecular complexity index is 366. The molecule has 1 heterocycles. The third kappa shape index (κ3) is 5.48. The van der Waals surface area contributed by atoms with E-state index in [0.29, 0.717) is 13.2 Å². The van der Waals surface area contributed by atoms with Crippen LogP contribution < -0.4 is 10.2 Å². The topological polar surface area (TPSA) is 44.7 Å². The van der Waals surface area contributed by atoms with Crippen LogP contribution in [0.3, 0.4) is 0 Å². The van der Waals surface area contributed by atoms with E-state index in [1.54, 1.807) is 0 Å². The number of benzene rings is 1.